The molecule has 70 heavy (non-hydrogen) atoms. The number of rotatable bonds is 8. The first-order valence-electron chi connectivity index (χ1n) is 24.2. The number of hydrogen-bond acceptors (Lipinski definition) is 0. The van der Waals surface area contributed by atoms with Crippen molar-refractivity contribution >= 4 is 94.2 Å². The van der Waals surface area contributed by atoms with E-state index >= 15 is 0 Å². The quantitative estimate of drug-likeness (QED) is 0.107. The largest absolute Gasteiger partial charge is 0.309 e. The van der Waals surface area contributed by atoms with E-state index in [1.807, 2.05) is 0 Å². The molecule has 0 atom stereocenters. The molecular formula is C66H45N3Si. The van der Waals surface area contributed by atoms with E-state index in [2.05, 4.69) is 287 Å². The summed E-state index contributed by atoms with van der Waals surface area (Å²) in [6, 6.07) is 101. The van der Waals surface area contributed by atoms with Crippen LogP contribution in [-0.4, -0.2) is 21.8 Å². The summed E-state index contributed by atoms with van der Waals surface area (Å²) in [7, 11) is -2.80. The van der Waals surface area contributed by atoms with Gasteiger partial charge in [-0.2, -0.15) is 0 Å². The summed E-state index contributed by atoms with van der Waals surface area (Å²) in [6.07, 6.45) is 0. The normalized spacial score (nSPS) is 12.0. The van der Waals surface area contributed by atoms with Crippen LogP contribution in [-0.2, 0) is 0 Å². The number of hydrogen-bond donors (Lipinski definition) is 0. The van der Waals surface area contributed by atoms with E-state index in [0.29, 0.717) is 0 Å². The van der Waals surface area contributed by atoms with Crippen molar-refractivity contribution in [2.75, 3.05) is 0 Å². The Morgan fingerprint density at radius 1 is 0.229 bits per heavy atom. The first-order valence-corrected chi connectivity index (χ1v) is 26.2. The minimum atomic E-state index is -2.80. The van der Waals surface area contributed by atoms with Gasteiger partial charge < -0.3 is 13.7 Å². The lowest BCUT2D eigenvalue weighted by atomic mass is 10.0. The average Bonchev–Trinajstić information content (AvgIpc) is 4.08. The van der Waals surface area contributed by atoms with E-state index in [-0.39, 0.29) is 0 Å². The van der Waals surface area contributed by atoms with Crippen LogP contribution in [0.2, 0.25) is 0 Å². The molecule has 0 aliphatic rings. The Hall–Kier alpha value is -8.96. The van der Waals surface area contributed by atoms with Gasteiger partial charge in [-0.1, -0.05) is 206 Å². The van der Waals surface area contributed by atoms with Crippen LogP contribution < -0.4 is 20.7 Å². The molecule has 0 fully saturated rings. The number of fused-ring (bicyclic) bond motifs is 9. The molecular weight excluding hydrogens is 863 g/mol. The fourth-order valence-electron chi connectivity index (χ4n) is 11.8. The zero-order valence-electron chi connectivity index (χ0n) is 38.3. The molecule has 0 saturated carbocycles. The van der Waals surface area contributed by atoms with Crippen LogP contribution in [0.1, 0.15) is 0 Å². The summed E-state index contributed by atoms with van der Waals surface area (Å²) in [5, 5.41) is 12.8. The van der Waals surface area contributed by atoms with Gasteiger partial charge in [0, 0.05) is 43.7 Å². The van der Waals surface area contributed by atoms with Gasteiger partial charge in [-0.15, -0.1) is 0 Å². The maximum atomic E-state index is 2.50. The molecule has 0 N–H and O–H groups in total. The number of aromatic nitrogens is 3. The summed E-state index contributed by atoms with van der Waals surface area (Å²) >= 11 is 0. The molecule has 14 rings (SSSR count). The molecule has 14 aromatic rings. The van der Waals surface area contributed by atoms with Gasteiger partial charge in [0.1, 0.15) is 0 Å². The highest BCUT2D eigenvalue weighted by atomic mass is 28.3. The zero-order chi connectivity index (χ0) is 46.2. The number of nitrogens with zero attached hydrogens (tertiary/aromatic N) is 3. The van der Waals surface area contributed by atoms with E-state index in [1.165, 1.54) is 103 Å². The van der Waals surface area contributed by atoms with Crippen molar-refractivity contribution in [1.82, 2.24) is 13.7 Å². The molecule has 0 aliphatic carbocycles. The van der Waals surface area contributed by atoms with Crippen LogP contribution in [0.25, 0.3) is 93.6 Å². The van der Waals surface area contributed by atoms with E-state index in [0.717, 1.165) is 11.4 Å². The second-order valence-corrected chi connectivity index (χ2v) is 22.2. The van der Waals surface area contributed by atoms with E-state index in [4.69, 9.17) is 0 Å². The molecule has 0 spiro atoms. The third kappa shape index (κ3) is 6.00. The highest BCUT2D eigenvalue weighted by Gasteiger charge is 2.41. The van der Waals surface area contributed by atoms with Gasteiger partial charge in [0.05, 0.1) is 38.8 Å². The van der Waals surface area contributed by atoms with Gasteiger partial charge in [0.2, 0.25) is 0 Å². The maximum Gasteiger partial charge on any atom is 0.179 e. The second kappa shape index (κ2) is 16.1. The summed E-state index contributed by atoms with van der Waals surface area (Å²) in [6.45, 7) is 0. The molecule has 3 nitrogen and oxygen atoms in total. The molecule has 0 unspecified atom stereocenters. The van der Waals surface area contributed by atoms with Crippen LogP contribution in [0.4, 0.5) is 0 Å². The van der Waals surface area contributed by atoms with Crippen molar-refractivity contribution in [3.63, 3.8) is 0 Å². The van der Waals surface area contributed by atoms with E-state index < -0.39 is 8.07 Å². The molecule has 11 aromatic carbocycles. The van der Waals surface area contributed by atoms with Crippen LogP contribution in [0.5, 0.6) is 0 Å². The zero-order valence-corrected chi connectivity index (χ0v) is 39.3. The van der Waals surface area contributed by atoms with Gasteiger partial charge in [-0.05, 0) is 98.6 Å². The molecule has 4 heteroatoms. The minimum Gasteiger partial charge on any atom is -0.309 e. The molecule has 3 heterocycles. The minimum absolute atomic E-state index is 1.12. The predicted molar refractivity (Wildman–Crippen MR) is 299 cm³/mol. The van der Waals surface area contributed by atoms with Gasteiger partial charge in [-0.25, -0.2) is 0 Å². The fraction of sp³-hybridized carbons (Fsp3) is 0. The van der Waals surface area contributed by atoms with Crippen molar-refractivity contribution in [1.29, 1.82) is 0 Å². The molecule has 0 radical (unpaired) electrons. The SMILES string of the molecule is c1ccc(-c2ccc3c(c2)c2ccccc2n3-c2cccc3c2c2ccccc2n3-c2ccc3c4ccccc4n(-c4cccc([Si](c5ccccc5)(c5ccccc5)c5ccccc5)c4)c3c2)cc1. The average molecular weight is 908 g/mol. The third-order valence-electron chi connectivity index (χ3n) is 14.8. The Balaban J connectivity index is 0.999. The fourth-order valence-corrected chi connectivity index (χ4v) is 16.6. The number of benzene rings is 11. The van der Waals surface area contributed by atoms with Crippen molar-refractivity contribution in [2.24, 2.45) is 0 Å². The lowest BCUT2D eigenvalue weighted by Gasteiger charge is -2.34. The molecule has 0 aliphatic heterocycles. The summed E-state index contributed by atoms with van der Waals surface area (Å²) in [5.41, 5.74) is 12.9. The first-order chi connectivity index (χ1) is 34.8. The van der Waals surface area contributed by atoms with Gasteiger partial charge in [0.25, 0.3) is 0 Å². The van der Waals surface area contributed by atoms with Crippen LogP contribution in [0.3, 0.4) is 0 Å². The predicted octanol–water partition coefficient (Wildman–Crippen LogP) is 14.0. The van der Waals surface area contributed by atoms with Crippen LogP contribution in [0.15, 0.2) is 273 Å². The molecule has 3 aromatic heterocycles. The maximum absolute atomic E-state index is 2.80. The molecule has 0 amide bonds. The van der Waals surface area contributed by atoms with Gasteiger partial charge >= 0.3 is 0 Å². The van der Waals surface area contributed by atoms with Crippen molar-refractivity contribution in [3.05, 3.63) is 273 Å². The Bertz CT molecular complexity index is 4180. The lowest BCUT2D eigenvalue weighted by molar-refractivity contribution is 1.15. The Morgan fingerprint density at radius 2 is 0.686 bits per heavy atom. The topological polar surface area (TPSA) is 14.8 Å². The molecule has 0 bridgehead atoms. The van der Waals surface area contributed by atoms with Crippen LogP contribution in [0, 0.1) is 0 Å². The van der Waals surface area contributed by atoms with Gasteiger partial charge in [-0.3, -0.25) is 0 Å². The second-order valence-electron chi connectivity index (χ2n) is 18.4. The van der Waals surface area contributed by atoms with E-state index in [1.54, 1.807) is 0 Å². The van der Waals surface area contributed by atoms with Crippen molar-refractivity contribution in [3.8, 4) is 28.2 Å². The number of para-hydroxylation sites is 3. The molecule has 0 saturated heterocycles. The van der Waals surface area contributed by atoms with Crippen molar-refractivity contribution < 1.29 is 0 Å². The molecule has 328 valence electrons. The third-order valence-corrected chi connectivity index (χ3v) is 19.5. The summed E-state index contributed by atoms with van der Waals surface area (Å²) in [4.78, 5) is 0. The first kappa shape index (κ1) is 40.1. The van der Waals surface area contributed by atoms with E-state index in [9.17, 15) is 0 Å². The summed E-state index contributed by atoms with van der Waals surface area (Å²) in [5.74, 6) is 0. The van der Waals surface area contributed by atoms with Crippen LogP contribution >= 0.6 is 0 Å². The lowest BCUT2D eigenvalue weighted by Crippen LogP contribution is -2.74. The van der Waals surface area contributed by atoms with Gasteiger partial charge in [0.15, 0.2) is 8.07 Å². The smallest absolute Gasteiger partial charge is 0.179 e. The highest BCUT2D eigenvalue weighted by molar-refractivity contribution is 7.19. The Kier molecular flexibility index (Phi) is 9.23. The Morgan fingerprint density at radius 3 is 1.34 bits per heavy atom. The highest BCUT2D eigenvalue weighted by Crippen LogP contribution is 2.42. The monoisotopic (exact) mass is 907 g/mol. The Labute approximate surface area is 407 Å². The standard InChI is InChI=1S/C66H45N3Si/c1-5-21-46(22-6-1)47-39-42-62-58(43-47)55-32-14-17-35-60(55)69(62)64-38-20-37-63-66(64)57-33-15-18-36-61(57)67(63)49-40-41-56-54-31-13-16-34-59(54)68(65(56)45-49)48-23-19-30-53(44-48)70(50-24-7-2-8-25-50,51-26-9-3-10-27-51)52-28-11-4-12-29-52/h1-45H. The summed E-state index contributed by atoms with van der Waals surface area (Å²) < 4.78 is 7.46. The van der Waals surface area contributed by atoms with Crippen molar-refractivity contribution in [2.45, 2.75) is 0 Å².